The van der Waals surface area contributed by atoms with Crippen LogP contribution >= 0.6 is 0 Å². The normalized spacial score (nSPS) is 33.2. The third-order valence-corrected chi connectivity index (χ3v) is 5.21. The number of amides is 1. The van der Waals surface area contributed by atoms with E-state index in [0.717, 1.165) is 19.4 Å². The summed E-state index contributed by atoms with van der Waals surface area (Å²) in [7, 11) is 0. The zero-order valence-corrected chi connectivity index (χ0v) is 12.5. The SMILES string of the molecule is O=C(N[C@H]1COC[C@@H]1N1CCCCC1)C1CCCCC1. The van der Waals surface area contributed by atoms with Crippen LogP contribution in [0.25, 0.3) is 0 Å². The first-order valence-corrected chi connectivity index (χ1v) is 8.47. The van der Waals surface area contributed by atoms with Gasteiger partial charge in [0, 0.05) is 5.92 Å². The van der Waals surface area contributed by atoms with Gasteiger partial charge in [0.2, 0.25) is 5.91 Å². The Balaban J connectivity index is 1.53. The summed E-state index contributed by atoms with van der Waals surface area (Å²) in [5.74, 6) is 0.536. The molecule has 1 aliphatic carbocycles. The van der Waals surface area contributed by atoms with Crippen LogP contribution in [-0.4, -0.2) is 49.2 Å². The minimum absolute atomic E-state index is 0.211. The summed E-state index contributed by atoms with van der Waals surface area (Å²) in [6, 6.07) is 0.616. The van der Waals surface area contributed by atoms with Gasteiger partial charge < -0.3 is 10.1 Å². The molecule has 4 heteroatoms. The van der Waals surface area contributed by atoms with Gasteiger partial charge in [-0.3, -0.25) is 9.69 Å². The third-order valence-electron chi connectivity index (χ3n) is 5.21. The molecule has 2 atom stereocenters. The summed E-state index contributed by atoms with van der Waals surface area (Å²) < 4.78 is 5.65. The Morgan fingerprint density at radius 1 is 0.950 bits per heavy atom. The monoisotopic (exact) mass is 280 g/mol. The number of nitrogens with one attached hydrogen (secondary N) is 1. The second-order valence-corrected chi connectivity index (χ2v) is 6.65. The van der Waals surface area contributed by atoms with Gasteiger partial charge in [-0.2, -0.15) is 0 Å². The van der Waals surface area contributed by atoms with Crippen molar-refractivity contribution in [2.75, 3.05) is 26.3 Å². The Morgan fingerprint density at radius 2 is 1.65 bits per heavy atom. The molecule has 0 bridgehead atoms. The van der Waals surface area contributed by atoms with E-state index in [4.69, 9.17) is 4.74 Å². The van der Waals surface area contributed by atoms with Crippen molar-refractivity contribution in [2.24, 2.45) is 5.92 Å². The summed E-state index contributed by atoms with van der Waals surface area (Å²) >= 11 is 0. The molecule has 20 heavy (non-hydrogen) atoms. The van der Waals surface area contributed by atoms with Crippen molar-refractivity contribution in [3.63, 3.8) is 0 Å². The third kappa shape index (κ3) is 3.34. The van der Waals surface area contributed by atoms with Crippen LogP contribution in [0.3, 0.4) is 0 Å². The first kappa shape index (κ1) is 14.3. The summed E-state index contributed by atoms with van der Waals surface area (Å²) in [6.45, 7) is 3.82. The van der Waals surface area contributed by atoms with Crippen molar-refractivity contribution in [1.82, 2.24) is 10.2 Å². The van der Waals surface area contributed by atoms with E-state index >= 15 is 0 Å². The van der Waals surface area contributed by atoms with Gasteiger partial charge in [-0.25, -0.2) is 0 Å². The van der Waals surface area contributed by atoms with Crippen LogP contribution in [0.2, 0.25) is 0 Å². The molecular weight excluding hydrogens is 252 g/mol. The highest BCUT2D eigenvalue weighted by molar-refractivity contribution is 5.79. The van der Waals surface area contributed by atoms with E-state index in [1.807, 2.05) is 0 Å². The van der Waals surface area contributed by atoms with Crippen molar-refractivity contribution in [3.05, 3.63) is 0 Å². The smallest absolute Gasteiger partial charge is 0.223 e. The lowest BCUT2D eigenvalue weighted by Gasteiger charge is -2.35. The topological polar surface area (TPSA) is 41.6 Å². The van der Waals surface area contributed by atoms with Gasteiger partial charge in [-0.15, -0.1) is 0 Å². The number of carbonyl (C=O) groups is 1. The molecule has 114 valence electrons. The van der Waals surface area contributed by atoms with Gasteiger partial charge in [0.1, 0.15) is 0 Å². The molecule has 2 aliphatic heterocycles. The van der Waals surface area contributed by atoms with Crippen molar-refractivity contribution in [1.29, 1.82) is 0 Å². The molecule has 2 saturated heterocycles. The van der Waals surface area contributed by atoms with E-state index in [2.05, 4.69) is 10.2 Å². The van der Waals surface area contributed by atoms with E-state index in [-0.39, 0.29) is 17.9 Å². The molecule has 1 amide bonds. The quantitative estimate of drug-likeness (QED) is 0.859. The lowest BCUT2D eigenvalue weighted by molar-refractivity contribution is -0.127. The second kappa shape index (κ2) is 6.90. The van der Waals surface area contributed by atoms with Gasteiger partial charge in [0.15, 0.2) is 0 Å². The van der Waals surface area contributed by atoms with Crippen LogP contribution in [0.5, 0.6) is 0 Å². The van der Waals surface area contributed by atoms with Crippen LogP contribution in [0.4, 0.5) is 0 Å². The number of ether oxygens (including phenoxy) is 1. The summed E-state index contributed by atoms with van der Waals surface area (Å²) in [5.41, 5.74) is 0. The van der Waals surface area contributed by atoms with E-state index in [9.17, 15) is 4.79 Å². The Morgan fingerprint density at radius 3 is 2.40 bits per heavy atom. The molecule has 0 aromatic rings. The average molecular weight is 280 g/mol. The minimum Gasteiger partial charge on any atom is -0.378 e. The van der Waals surface area contributed by atoms with Crippen molar-refractivity contribution in [3.8, 4) is 0 Å². The van der Waals surface area contributed by atoms with Gasteiger partial charge >= 0.3 is 0 Å². The van der Waals surface area contributed by atoms with Crippen LogP contribution in [0.15, 0.2) is 0 Å². The van der Waals surface area contributed by atoms with Crippen molar-refractivity contribution >= 4 is 5.91 Å². The van der Waals surface area contributed by atoms with Crippen LogP contribution in [0, 0.1) is 5.92 Å². The number of hydrogen-bond donors (Lipinski definition) is 1. The first-order valence-electron chi connectivity index (χ1n) is 8.47. The zero-order chi connectivity index (χ0) is 13.8. The van der Waals surface area contributed by atoms with Crippen LogP contribution in [0.1, 0.15) is 51.4 Å². The molecule has 0 unspecified atom stereocenters. The van der Waals surface area contributed by atoms with Crippen molar-refractivity contribution < 1.29 is 9.53 Å². The fourth-order valence-corrected chi connectivity index (χ4v) is 3.96. The highest BCUT2D eigenvalue weighted by atomic mass is 16.5. The maximum atomic E-state index is 12.4. The van der Waals surface area contributed by atoms with E-state index in [1.165, 1.54) is 51.6 Å². The first-order chi connectivity index (χ1) is 9.84. The molecule has 0 aromatic carbocycles. The Bertz CT molecular complexity index is 322. The van der Waals surface area contributed by atoms with E-state index < -0.39 is 0 Å². The highest BCUT2D eigenvalue weighted by Gasteiger charge is 2.35. The van der Waals surface area contributed by atoms with Gasteiger partial charge in [0.05, 0.1) is 25.3 Å². The largest absolute Gasteiger partial charge is 0.378 e. The maximum absolute atomic E-state index is 12.4. The number of nitrogens with zero attached hydrogens (tertiary/aromatic N) is 1. The van der Waals surface area contributed by atoms with Crippen LogP contribution in [-0.2, 0) is 9.53 Å². The molecule has 3 fully saturated rings. The zero-order valence-electron chi connectivity index (χ0n) is 12.5. The molecular formula is C16H28N2O2. The second-order valence-electron chi connectivity index (χ2n) is 6.65. The average Bonchev–Trinajstić information content (AvgIpc) is 2.97. The van der Waals surface area contributed by atoms with Gasteiger partial charge in [-0.1, -0.05) is 25.7 Å². The lowest BCUT2D eigenvalue weighted by atomic mass is 9.88. The van der Waals surface area contributed by atoms with Gasteiger partial charge in [0.25, 0.3) is 0 Å². The fraction of sp³-hybridized carbons (Fsp3) is 0.938. The number of hydrogen-bond acceptors (Lipinski definition) is 3. The molecule has 0 spiro atoms. The molecule has 1 saturated carbocycles. The van der Waals surface area contributed by atoms with E-state index in [1.54, 1.807) is 0 Å². The molecule has 3 rings (SSSR count). The number of carbonyl (C=O) groups excluding carboxylic acids is 1. The predicted octanol–water partition coefficient (Wildman–Crippen LogP) is 1.94. The molecule has 4 nitrogen and oxygen atoms in total. The standard InChI is InChI=1S/C16H28N2O2/c19-16(13-7-3-1-4-8-13)17-14-11-20-12-15(14)18-9-5-2-6-10-18/h13-15H,1-12H2,(H,17,19)/t14-,15-/m0/s1. The lowest BCUT2D eigenvalue weighted by Crippen LogP contribution is -2.53. The Hall–Kier alpha value is -0.610. The fourth-order valence-electron chi connectivity index (χ4n) is 3.96. The molecule has 2 heterocycles. The minimum atomic E-state index is 0.211. The summed E-state index contributed by atoms with van der Waals surface area (Å²) in [5, 5.41) is 3.29. The Labute approximate surface area is 122 Å². The van der Waals surface area contributed by atoms with Crippen LogP contribution < -0.4 is 5.32 Å². The Kier molecular flexibility index (Phi) is 4.94. The molecule has 3 aliphatic rings. The summed E-state index contributed by atoms with van der Waals surface area (Å²) in [4.78, 5) is 14.9. The molecule has 1 N–H and O–H groups in total. The van der Waals surface area contributed by atoms with E-state index in [0.29, 0.717) is 12.6 Å². The number of rotatable bonds is 3. The molecule has 0 radical (unpaired) electrons. The number of likely N-dealkylation sites (tertiary alicyclic amines) is 1. The van der Waals surface area contributed by atoms with Gasteiger partial charge in [-0.05, 0) is 38.8 Å². The molecule has 0 aromatic heterocycles. The summed E-state index contributed by atoms with van der Waals surface area (Å²) in [6.07, 6.45) is 9.82. The highest BCUT2D eigenvalue weighted by Crippen LogP contribution is 2.25. The number of piperidine rings is 1. The maximum Gasteiger partial charge on any atom is 0.223 e. The van der Waals surface area contributed by atoms with Crippen molar-refractivity contribution in [2.45, 2.75) is 63.5 Å². The predicted molar refractivity (Wildman–Crippen MR) is 78.5 cm³/mol.